The molecule has 1 saturated heterocycles. The smallest absolute Gasteiger partial charge is 0.298 e. The Balaban J connectivity index is 1.37. The minimum absolute atomic E-state index is 0.0996. The summed E-state index contributed by atoms with van der Waals surface area (Å²) in [4.78, 5) is 18.9. The Morgan fingerprint density at radius 1 is 1.04 bits per heavy atom. The third kappa shape index (κ3) is 4.57. The van der Waals surface area contributed by atoms with Gasteiger partial charge < -0.3 is 9.64 Å². The van der Waals surface area contributed by atoms with Crippen LogP contribution >= 0.6 is 11.5 Å². The normalized spacial score (nSPS) is 14.1. The second-order valence-electron chi connectivity index (χ2n) is 7.12. The quantitative estimate of drug-likeness (QED) is 0.621. The summed E-state index contributed by atoms with van der Waals surface area (Å²) in [6.45, 7) is 3.78. The zero-order valence-electron chi connectivity index (χ0n) is 15.9. The average molecular weight is 394 g/mol. The van der Waals surface area contributed by atoms with E-state index in [4.69, 9.17) is 4.74 Å². The van der Waals surface area contributed by atoms with Gasteiger partial charge in [0, 0.05) is 36.6 Å². The number of carbonyl (C=O) groups is 1. The fourth-order valence-electron chi connectivity index (χ4n) is 3.29. The highest BCUT2D eigenvalue weighted by Crippen LogP contribution is 2.25. The Labute approximate surface area is 169 Å². The number of rotatable bonds is 5. The van der Waals surface area contributed by atoms with Gasteiger partial charge in [-0.15, -0.1) is 0 Å². The first-order valence-corrected chi connectivity index (χ1v) is 10.4. The van der Waals surface area contributed by atoms with E-state index < -0.39 is 0 Å². The van der Waals surface area contributed by atoms with Crippen LogP contribution in [0, 0.1) is 6.92 Å². The van der Waals surface area contributed by atoms with Gasteiger partial charge in [0.25, 0.3) is 11.1 Å². The number of ether oxygens (including phenoxy) is 1. The molecule has 1 aromatic heterocycles. The van der Waals surface area contributed by atoms with Gasteiger partial charge in [0.1, 0.15) is 5.75 Å². The van der Waals surface area contributed by atoms with Crippen LogP contribution in [0.5, 0.6) is 10.9 Å². The largest absolute Gasteiger partial charge is 0.430 e. The van der Waals surface area contributed by atoms with Crippen molar-refractivity contribution in [3.8, 4) is 10.9 Å². The van der Waals surface area contributed by atoms with Gasteiger partial charge in [-0.05, 0) is 56.0 Å². The lowest BCUT2D eigenvalue weighted by molar-refractivity contribution is 0.0724. The van der Waals surface area contributed by atoms with Crippen LogP contribution in [0.15, 0.2) is 48.5 Å². The van der Waals surface area contributed by atoms with Gasteiger partial charge in [0.15, 0.2) is 5.82 Å². The van der Waals surface area contributed by atoms with Gasteiger partial charge >= 0.3 is 0 Å². The minimum atomic E-state index is 0.0996. The average Bonchev–Trinajstić information content (AvgIpc) is 3.17. The number of hydrogen-bond acceptors (Lipinski definition) is 5. The number of carbonyl (C=O) groups excluding carboxylic acids is 1. The van der Waals surface area contributed by atoms with E-state index in [0.717, 1.165) is 31.8 Å². The molecule has 1 fully saturated rings. The molecule has 6 heteroatoms. The Bertz CT molecular complexity index is 929. The molecule has 144 valence electrons. The van der Waals surface area contributed by atoms with Crippen LogP contribution in [-0.2, 0) is 6.42 Å². The third-order valence-electron chi connectivity index (χ3n) is 4.88. The number of likely N-dealkylation sites (tertiary alicyclic amines) is 1. The Kier molecular flexibility index (Phi) is 5.67. The van der Waals surface area contributed by atoms with E-state index in [2.05, 4.69) is 40.5 Å². The van der Waals surface area contributed by atoms with E-state index in [9.17, 15) is 4.79 Å². The molecule has 1 amide bonds. The Morgan fingerprint density at radius 2 is 1.75 bits per heavy atom. The first kappa shape index (κ1) is 18.6. The molecule has 5 nitrogen and oxygen atoms in total. The van der Waals surface area contributed by atoms with Crippen LogP contribution in [0.4, 0.5) is 0 Å². The van der Waals surface area contributed by atoms with Crippen molar-refractivity contribution in [2.24, 2.45) is 0 Å². The lowest BCUT2D eigenvalue weighted by Gasteiger charge is -2.26. The van der Waals surface area contributed by atoms with Crippen molar-refractivity contribution < 1.29 is 9.53 Å². The zero-order valence-corrected chi connectivity index (χ0v) is 16.7. The first-order chi connectivity index (χ1) is 13.7. The Hall–Kier alpha value is -2.73. The van der Waals surface area contributed by atoms with Crippen LogP contribution in [0.1, 0.15) is 46.6 Å². The molecule has 2 aromatic carbocycles. The predicted molar refractivity (Wildman–Crippen MR) is 110 cm³/mol. The molecular weight excluding hydrogens is 370 g/mol. The van der Waals surface area contributed by atoms with Crippen molar-refractivity contribution >= 4 is 17.4 Å². The number of aryl methyl sites for hydroxylation is 1. The lowest BCUT2D eigenvalue weighted by Crippen LogP contribution is -2.35. The molecule has 1 aliphatic heterocycles. The number of aromatic nitrogens is 2. The molecule has 4 rings (SSSR count). The summed E-state index contributed by atoms with van der Waals surface area (Å²) in [5.41, 5.74) is 3.11. The van der Waals surface area contributed by atoms with Gasteiger partial charge in [-0.25, -0.2) is 0 Å². The van der Waals surface area contributed by atoms with E-state index in [1.807, 2.05) is 29.2 Å². The summed E-state index contributed by atoms with van der Waals surface area (Å²) in [6, 6.07) is 15.6. The number of hydrogen-bond donors (Lipinski definition) is 0. The topological polar surface area (TPSA) is 55.3 Å². The number of benzene rings is 2. The molecule has 0 unspecified atom stereocenters. The van der Waals surface area contributed by atoms with Crippen LogP contribution in [0.2, 0.25) is 0 Å². The van der Waals surface area contributed by atoms with Gasteiger partial charge in [-0.3, -0.25) is 4.79 Å². The zero-order chi connectivity index (χ0) is 19.3. The SMILES string of the molecule is Cc1ccc(Cc2nsc(Oc3ccc(C(=O)N4CCCCC4)cc3)n2)cc1. The molecule has 28 heavy (non-hydrogen) atoms. The highest BCUT2D eigenvalue weighted by atomic mass is 32.1. The van der Waals surface area contributed by atoms with E-state index in [1.54, 1.807) is 0 Å². The third-order valence-corrected chi connectivity index (χ3v) is 5.51. The molecule has 0 atom stereocenters. The van der Waals surface area contributed by atoms with Crippen LogP contribution in [-0.4, -0.2) is 33.3 Å². The van der Waals surface area contributed by atoms with Crippen molar-refractivity contribution in [2.45, 2.75) is 32.6 Å². The summed E-state index contributed by atoms with van der Waals surface area (Å²) >= 11 is 1.24. The minimum Gasteiger partial charge on any atom is -0.430 e. The Morgan fingerprint density at radius 3 is 2.46 bits per heavy atom. The van der Waals surface area contributed by atoms with Crippen molar-refractivity contribution in [3.05, 3.63) is 71.0 Å². The molecule has 0 N–H and O–H groups in total. The number of amides is 1. The maximum atomic E-state index is 12.5. The second-order valence-corrected chi connectivity index (χ2v) is 7.83. The fraction of sp³-hybridized carbons (Fsp3) is 0.318. The lowest BCUT2D eigenvalue weighted by atomic mass is 10.1. The standard InChI is InChI=1S/C22H23N3O2S/c1-16-5-7-17(8-6-16)15-20-23-22(28-24-20)27-19-11-9-18(10-12-19)21(26)25-13-3-2-4-14-25/h5-12H,2-4,13-15H2,1H3. The molecule has 0 bridgehead atoms. The van der Waals surface area contributed by atoms with E-state index in [0.29, 0.717) is 22.9 Å². The fourth-order valence-corrected chi connectivity index (χ4v) is 3.85. The molecule has 0 aliphatic carbocycles. The molecule has 2 heterocycles. The van der Waals surface area contributed by atoms with E-state index in [1.165, 1.54) is 29.1 Å². The number of nitrogens with zero attached hydrogens (tertiary/aromatic N) is 3. The monoisotopic (exact) mass is 393 g/mol. The highest BCUT2D eigenvalue weighted by Gasteiger charge is 2.18. The maximum Gasteiger partial charge on any atom is 0.298 e. The van der Waals surface area contributed by atoms with Crippen molar-refractivity contribution in [1.82, 2.24) is 14.3 Å². The highest BCUT2D eigenvalue weighted by molar-refractivity contribution is 7.07. The van der Waals surface area contributed by atoms with E-state index >= 15 is 0 Å². The van der Waals surface area contributed by atoms with Crippen molar-refractivity contribution in [1.29, 1.82) is 0 Å². The van der Waals surface area contributed by atoms with Gasteiger partial charge in [-0.1, -0.05) is 29.8 Å². The van der Waals surface area contributed by atoms with Gasteiger partial charge in [0.2, 0.25) is 0 Å². The summed E-state index contributed by atoms with van der Waals surface area (Å²) in [5, 5.41) is 0.511. The molecule has 0 radical (unpaired) electrons. The summed E-state index contributed by atoms with van der Waals surface area (Å²) in [6.07, 6.45) is 4.08. The van der Waals surface area contributed by atoms with Crippen LogP contribution in [0.25, 0.3) is 0 Å². The maximum absolute atomic E-state index is 12.5. The van der Waals surface area contributed by atoms with Gasteiger partial charge in [0.05, 0.1) is 0 Å². The molecule has 0 spiro atoms. The molecule has 3 aromatic rings. The van der Waals surface area contributed by atoms with Crippen molar-refractivity contribution in [2.75, 3.05) is 13.1 Å². The number of piperidine rings is 1. The second kappa shape index (κ2) is 8.52. The van der Waals surface area contributed by atoms with Gasteiger partial charge in [-0.2, -0.15) is 9.36 Å². The molecular formula is C22H23N3O2S. The summed E-state index contributed by atoms with van der Waals surface area (Å²) in [5.74, 6) is 1.51. The molecule has 0 saturated carbocycles. The predicted octanol–water partition coefficient (Wildman–Crippen LogP) is 4.86. The van der Waals surface area contributed by atoms with E-state index in [-0.39, 0.29) is 5.91 Å². The van der Waals surface area contributed by atoms with Crippen LogP contribution < -0.4 is 4.74 Å². The summed E-state index contributed by atoms with van der Waals surface area (Å²) < 4.78 is 10.2. The van der Waals surface area contributed by atoms with Crippen molar-refractivity contribution in [3.63, 3.8) is 0 Å². The summed E-state index contributed by atoms with van der Waals surface area (Å²) in [7, 11) is 0. The first-order valence-electron chi connectivity index (χ1n) is 9.63. The molecule has 1 aliphatic rings. The van der Waals surface area contributed by atoms with Crippen LogP contribution in [0.3, 0.4) is 0 Å².